The summed E-state index contributed by atoms with van der Waals surface area (Å²) in [6.45, 7) is 9.52. The standard InChI is InChI=1S/C31H54N12O8/c1-15(2)10-21(41-23(44)13-37-29(49)24(32)16(3)4)28(48)43-22(11-19-12-35-14-38-19)27(47)39-17(5)25(45)42-20(8-7-9-36-31(33)34)26(46)40-18(6)30(50)51/h12,14-18,20-22,24H,7-11,13,32H2,1-6H3,(H,35,38)(H,37,49)(H,39,47)(H,40,46)(H,41,44)(H,42,45)(H,43,48)(H,50,51)(H4,33,34,36)/t17-,18-,20-,21-,22-,24-/m0/s1. The van der Waals surface area contributed by atoms with Crippen molar-refractivity contribution in [1.29, 1.82) is 0 Å². The summed E-state index contributed by atoms with van der Waals surface area (Å²) in [5.74, 6) is -5.83. The number of hydrogen-bond donors (Lipinski definition) is 11. The molecular formula is C31H54N12O8. The molecule has 0 aromatic carbocycles. The first-order valence-corrected chi connectivity index (χ1v) is 16.6. The lowest BCUT2D eigenvalue weighted by Crippen LogP contribution is -2.59. The van der Waals surface area contributed by atoms with Crippen molar-refractivity contribution in [2.24, 2.45) is 34.0 Å². The third-order valence-corrected chi connectivity index (χ3v) is 7.47. The minimum atomic E-state index is -1.28. The van der Waals surface area contributed by atoms with Crippen LogP contribution in [0.15, 0.2) is 17.5 Å². The number of carboxylic acids is 1. The van der Waals surface area contributed by atoms with Gasteiger partial charge in [-0.05, 0) is 44.9 Å². The van der Waals surface area contributed by atoms with E-state index in [4.69, 9.17) is 17.2 Å². The Bertz CT molecular complexity index is 1360. The molecule has 6 atom stereocenters. The van der Waals surface area contributed by atoms with Crippen LogP contribution in [0.4, 0.5) is 0 Å². The van der Waals surface area contributed by atoms with E-state index in [1.807, 2.05) is 13.8 Å². The van der Waals surface area contributed by atoms with Crippen molar-refractivity contribution >= 4 is 47.4 Å². The van der Waals surface area contributed by atoms with Gasteiger partial charge in [0.25, 0.3) is 0 Å². The predicted molar refractivity (Wildman–Crippen MR) is 186 cm³/mol. The monoisotopic (exact) mass is 722 g/mol. The third-order valence-electron chi connectivity index (χ3n) is 7.47. The first-order chi connectivity index (χ1) is 23.8. The van der Waals surface area contributed by atoms with Gasteiger partial charge >= 0.3 is 5.97 Å². The van der Waals surface area contributed by atoms with Gasteiger partial charge in [-0.1, -0.05) is 27.7 Å². The molecule has 0 saturated heterocycles. The number of nitrogens with zero attached hydrogens (tertiary/aromatic N) is 2. The van der Waals surface area contributed by atoms with Crippen LogP contribution in [0.25, 0.3) is 0 Å². The third kappa shape index (κ3) is 16.8. The van der Waals surface area contributed by atoms with Crippen LogP contribution >= 0.6 is 0 Å². The van der Waals surface area contributed by atoms with E-state index >= 15 is 0 Å². The Balaban J connectivity index is 3.09. The lowest BCUT2D eigenvalue weighted by Gasteiger charge is -2.26. The second kappa shape index (κ2) is 21.7. The molecular weight excluding hydrogens is 668 g/mol. The van der Waals surface area contributed by atoms with E-state index in [1.165, 1.54) is 26.4 Å². The van der Waals surface area contributed by atoms with Crippen LogP contribution in [-0.2, 0) is 40.0 Å². The summed E-state index contributed by atoms with van der Waals surface area (Å²) < 4.78 is 0. The molecule has 51 heavy (non-hydrogen) atoms. The number of amides is 6. The van der Waals surface area contributed by atoms with Crippen molar-refractivity contribution < 1.29 is 38.7 Å². The van der Waals surface area contributed by atoms with Crippen molar-refractivity contribution in [1.82, 2.24) is 41.9 Å². The summed E-state index contributed by atoms with van der Waals surface area (Å²) in [5, 5.41) is 24.2. The lowest BCUT2D eigenvalue weighted by atomic mass is 10.0. The van der Waals surface area contributed by atoms with Crippen molar-refractivity contribution in [3.8, 4) is 0 Å². The fraction of sp³-hybridized carbons (Fsp3) is 0.645. The van der Waals surface area contributed by atoms with Gasteiger partial charge < -0.3 is 59.2 Å². The molecule has 1 heterocycles. The zero-order valence-electron chi connectivity index (χ0n) is 29.9. The molecule has 0 bridgehead atoms. The van der Waals surface area contributed by atoms with Crippen molar-refractivity contribution in [2.75, 3.05) is 13.1 Å². The number of carbonyl (C=O) groups excluding carboxylic acids is 6. The van der Waals surface area contributed by atoms with Gasteiger partial charge in [-0.15, -0.1) is 0 Å². The van der Waals surface area contributed by atoms with Crippen LogP contribution in [0.1, 0.15) is 66.5 Å². The Kier molecular flexibility index (Phi) is 18.6. The van der Waals surface area contributed by atoms with Gasteiger partial charge in [0, 0.05) is 24.9 Å². The number of guanidine groups is 1. The highest BCUT2D eigenvalue weighted by Crippen LogP contribution is 2.08. The van der Waals surface area contributed by atoms with Gasteiger partial charge in [0.1, 0.15) is 30.2 Å². The molecule has 6 amide bonds. The Morgan fingerprint density at radius 1 is 0.804 bits per heavy atom. The van der Waals surface area contributed by atoms with E-state index in [0.29, 0.717) is 5.69 Å². The van der Waals surface area contributed by atoms with Crippen LogP contribution in [0, 0.1) is 11.8 Å². The molecule has 286 valence electrons. The molecule has 1 aromatic heterocycles. The molecule has 1 aromatic rings. The van der Waals surface area contributed by atoms with Crippen molar-refractivity contribution in [3.63, 3.8) is 0 Å². The predicted octanol–water partition coefficient (Wildman–Crippen LogP) is -3.30. The number of rotatable bonds is 22. The second-order valence-corrected chi connectivity index (χ2v) is 12.9. The SMILES string of the molecule is CC(C)C[C@H](NC(=O)CNC(=O)[C@@H](N)C(C)C)C(=O)N[C@@H](Cc1cnc[nH]1)C(=O)N[C@@H](C)C(=O)N[C@@H](CCCN=C(N)N)C(=O)N[C@@H](C)C(=O)O. The number of aliphatic carboxylic acids is 1. The van der Waals surface area contributed by atoms with Crippen LogP contribution in [0.2, 0.25) is 0 Å². The number of aliphatic imine (C=N–C) groups is 1. The highest BCUT2D eigenvalue weighted by Gasteiger charge is 2.31. The van der Waals surface area contributed by atoms with Gasteiger partial charge in [0.05, 0.1) is 18.9 Å². The van der Waals surface area contributed by atoms with Crippen molar-refractivity contribution in [2.45, 2.75) is 103 Å². The molecule has 0 aliphatic rings. The number of imidazole rings is 1. The summed E-state index contributed by atoms with van der Waals surface area (Å²) >= 11 is 0. The Morgan fingerprint density at radius 3 is 1.94 bits per heavy atom. The van der Waals surface area contributed by atoms with Crippen LogP contribution in [0.3, 0.4) is 0 Å². The molecule has 20 heteroatoms. The summed E-state index contributed by atoms with van der Waals surface area (Å²) in [4.78, 5) is 99.9. The van der Waals surface area contributed by atoms with E-state index < -0.39 is 84.2 Å². The fourth-order valence-corrected chi connectivity index (χ4v) is 4.46. The van der Waals surface area contributed by atoms with Gasteiger partial charge in [-0.3, -0.25) is 38.6 Å². The number of aromatic amines is 1. The van der Waals surface area contributed by atoms with Crippen LogP contribution in [-0.4, -0.2) is 112 Å². The molecule has 0 spiro atoms. The number of H-pyrrole nitrogens is 1. The number of carbonyl (C=O) groups is 7. The van der Waals surface area contributed by atoms with Crippen LogP contribution < -0.4 is 49.1 Å². The molecule has 14 N–H and O–H groups in total. The molecule has 20 nitrogen and oxygen atoms in total. The number of aromatic nitrogens is 2. The zero-order valence-corrected chi connectivity index (χ0v) is 29.9. The van der Waals surface area contributed by atoms with E-state index in [9.17, 15) is 38.7 Å². The Morgan fingerprint density at radius 2 is 1.39 bits per heavy atom. The van der Waals surface area contributed by atoms with E-state index in [1.54, 1.807) is 13.8 Å². The second-order valence-electron chi connectivity index (χ2n) is 12.9. The molecule has 0 fully saturated rings. The van der Waals surface area contributed by atoms with E-state index in [-0.39, 0.29) is 50.0 Å². The van der Waals surface area contributed by atoms with Gasteiger partial charge in [0.15, 0.2) is 5.96 Å². The number of nitrogens with one attached hydrogen (secondary N) is 7. The van der Waals surface area contributed by atoms with Crippen LogP contribution in [0.5, 0.6) is 0 Å². The largest absolute Gasteiger partial charge is 0.480 e. The number of nitrogens with two attached hydrogens (primary N) is 3. The maximum atomic E-state index is 13.5. The number of carboxylic acid groups (broad SMARTS) is 1. The first-order valence-electron chi connectivity index (χ1n) is 16.6. The topological polar surface area (TPSA) is 331 Å². The van der Waals surface area contributed by atoms with Crippen molar-refractivity contribution in [3.05, 3.63) is 18.2 Å². The molecule has 0 saturated carbocycles. The molecule has 1 rings (SSSR count). The smallest absolute Gasteiger partial charge is 0.325 e. The molecule has 0 unspecified atom stereocenters. The first kappa shape index (κ1) is 43.8. The fourth-order valence-electron chi connectivity index (χ4n) is 4.46. The number of hydrogen-bond acceptors (Lipinski definition) is 10. The molecule has 0 aliphatic heterocycles. The lowest BCUT2D eigenvalue weighted by molar-refractivity contribution is -0.141. The minimum Gasteiger partial charge on any atom is -0.480 e. The molecule has 0 aliphatic carbocycles. The van der Waals surface area contributed by atoms with Gasteiger partial charge in [0.2, 0.25) is 35.4 Å². The maximum Gasteiger partial charge on any atom is 0.325 e. The summed E-state index contributed by atoms with van der Waals surface area (Å²) in [5.41, 5.74) is 17.0. The summed E-state index contributed by atoms with van der Waals surface area (Å²) in [6, 6.07) is -6.82. The average molecular weight is 723 g/mol. The highest BCUT2D eigenvalue weighted by molar-refractivity contribution is 5.96. The summed E-state index contributed by atoms with van der Waals surface area (Å²) in [7, 11) is 0. The normalized spacial score (nSPS) is 14.5. The van der Waals surface area contributed by atoms with Gasteiger partial charge in [-0.25, -0.2) is 4.98 Å². The Hall–Kier alpha value is -5.27. The van der Waals surface area contributed by atoms with Gasteiger partial charge in [-0.2, -0.15) is 0 Å². The van der Waals surface area contributed by atoms with E-state index in [0.717, 1.165) is 0 Å². The Labute approximate surface area is 296 Å². The summed E-state index contributed by atoms with van der Waals surface area (Å²) in [6.07, 6.45) is 3.25. The maximum absolute atomic E-state index is 13.5. The zero-order chi connectivity index (χ0) is 38.8. The van der Waals surface area contributed by atoms with E-state index in [2.05, 4.69) is 46.9 Å². The molecule has 0 radical (unpaired) electrons. The highest BCUT2D eigenvalue weighted by atomic mass is 16.4. The minimum absolute atomic E-state index is 0.0387. The quantitative estimate of drug-likeness (QED) is 0.0319. The average Bonchev–Trinajstić information content (AvgIpc) is 3.56.